The molecule has 0 spiro atoms. The summed E-state index contributed by atoms with van der Waals surface area (Å²) >= 11 is 0. The number of ketones is 1. The summed E-state index contributed by atoms with van der Waals surface area (Å²) in [4.78, 5) is 22.9. The predicted molar refractivity (Wildman–Crippen MR) is 88.2 cm³/mol. The number of unbranched alkanes of at least 4 members (excludes halogenated alkanes) is 7. The Bertz CT molecular complexity index is 291. The fourth-order valence-electron chi connectivity index (χ4n) is 3.08. The van der Waals surface area contributed by atoms with Crippen LogP contribution in [0, 0.1) is 11.8 Å². The van der Waals surface area contributed by atoms with Crippen LogP contribution in [0.25, 0.3) is 0 Å². The van der Waals surface area contributed by atoms with Crippen molar-refractivity contribution >= 4 is 11.8 Å². The predicted octanol–water partition coefficient (Wildman–Crippen LogP) is 2.83. The molecular formula is C18H34NO3-. The molecule has 0 aromatic heterocycles. The number of nitrogens with two attached hydrogens (primary N) is 1. The molecule has 2 atom stereocenters. The highest BCUT2D eigenvalue weighted by Crippen LogP contribution is 2.26. The molecule has 2 N–H and O–H groups in total. The zero-order chi connectivity index (χ0) is 16.8. The lowest BCUT2D eigenvalue weighted by Crippen LogP contribution is -2.40. The Morgan fingerprint density at radius 3 is 1.86 bits per heavy atom. The molecule has 0 aliphatic rings. The molecule has 4 nitrogen and oxygen atoms in total. The molecule has 4 heteroatoms. The summed E-state index contributed by atoms with van der Waals surface area (Å²) < 4.78 is 0. The standard InChI is InChI=1S/C18H35NO3/c1-3-4-9-12-16(17(15(2)20)18(21)22)13-10-7-5-6-8-11-14-19/h16-17H,3-14,19H2,1-2H3,(H,21,22)/p-1. The third-order valence-electron chi connectivity index (χ3n) is 4.37. The molecule has 0 saturated carbocycles. The van der Waals surface area contributed by atoms with Gasteiger partial charge in [0.15, 0.2) is 0 Å². The van der Waals surface area contributed by atoms with Crippen LogP contribution in [0.2, 0.25) is 0 Å². The molecule has 0 aromatic carbocycles. The summed E-state index contributed by atoms with van der Waals surface area (Å²) in [5, 5.41) is 11.3. The molecule has 0 fully saturated rings. The average Bonchev–Trinajstić information content (AvgIpc) is 2.45. The fraction of sp³-hybridized carbons (Fsp3) is 0.889. The SMILES string of the molecule is CCCCCC(CCCCCCCCN)C(C(C)=O)C(=O)[O-]. The van der Waals surface area contributed by atoms with Crippen molar-refractivity contribution < 1.29 is 14.7 Å². The van der Waals surface area contributed by atoms with Gasteiger partial charge in [-0.2, -0.15) is 0 Å². The third-order valence-corrected chi connectivity index (χ3v) is 4.37. The van der Waals surface area contributed by atoms with Gasteiger partial charge in [-0.05, 0) is 38.6 Å². The van der Waals surface area contributed by atoms with Gasteiger partial charge in [0, 0.05) is 0 Å². The highest BCUT2D eigenvalue weighted by molar-refractivity contribution is 5.96. The summed E-state index contributed by atoms with van der Waals surface area (Å²) in [5.74, 6) is -2.44. The summed E-state index contributed by atoms with van der Waals surface area (Å²) in [6, 6.07) is 0. The quantitative estimate of drug-likeness (QED) is 0.372. The Morgan fingerprint density at radius 1 is 0.909 bits per heavy atom. The zero-order valence-electron chi connectivity index (χ0n) is 14.4. The largest absolute Gasteiger partial charge is 0.549 e. The van der Waals surface area contributed by atoms with E-state index in [9.17, 15) is 14.7 Å². The van der Waals surface area contributed by atoms with E-state index in [1.807, 2.05) is 0 Å². The molecule has 0 rings (SSSR count). The third kappa shape index (κ3) is 9.93. The minimum Gasteiger partial charge on any atom is -0.549 e. The van der Waals surface area contributed by atoms with Crippen LogP contribution in [0.15, 0.2) is 0 Å². The van der Waals surface area contributed by atoms with Gasteiger partial charge in [0.05, 0.1) is 11.9 Å². The molecule has 0 heterocycles. The summed E-state index contributed by atoms with van der Waals surface area (Å²) in [7, 11) is 0. The summed E-state index contributed by atoms with van der Waals surface area (Å²) in [5.41, 5.74) is 5.46. The van der Waals surface area contributed by atoms with Crippen molar-refractivity contribution in [3.63, 3.8) is 0 Å². The van der Waals surface area contributed by atoms with Gasteiger partial charge in [-0.1, -0.05) is 58.3 Å². The Hall–Kier alpha value is -0.900. The van der Waals surface area contributed by atoms with E-state index in [1.165, 1.54) is 19.8 Å². The van der Waals surface area contributed by atoms with E-state index in [-0.39, 0.29) is 11.7 Å². The molecule has 2 unspecified atom stereocenters. The molecule has 0 aromatic rings. The lowest BCUT2D eigenvalue weighted by Gasteiger charge is -2.26. The summed E-state index contributed by atoms with van der Waals surface area (Å²) in [6.07, 6.45) is 11.5. The van der Waals surface area contributed by atoms with Crippen LogP contribution in [0.3, 0.4) is 0 Å². The average molecular weight is 312 g/mol. The minimum absolute atomic E-state index is 0.0573. The van der Waals surface area contributed by atoms with E-state index in [0.29, 0.717) is 0 Å². The van der Waals surface area contributed by atoms with Crippen molar-refractivity contribution in [2.24, 2.45) is 17.6 Å². The molecule has 0 aliphatic heterocycles. The van der Waals surface area contributed by atoms with E-state index in [1.54, 1.807) is 0 Å². The molecule has 0 saturated heterocycles. The van der Waals surface area contributed by atoms with E-state index in [0.717, 1.165) is 64.3 Å². The Morgan fingerprint density at radius 2 is 1.41 bits per heavy atom. The minimum atomic E-state index is -1.20. The van der Waals surface area contributed by atoms with Gasteiger partial charge >= 0.3 is 0 Å². The highest BCUT2D eigenvalue weighted by Gasteiger charge is 2.25. The van der Waals surface area contributed by atoms with Crippen molar-refractivity contribution in [2.75, 3.05) is 6.54 Å². The van der Waals surface area contributed by atoms with Crippen LogP contribution in [0.4, 0.5) is 0 Å². The van der Waals surface area contributed by atoms with Gasteiger partial charge < -0.3 is 15.6 Å². The van der Waals surface area contributed by atoms with Crippen LogP contribution >= 0.6 is 0 Å². The number of rotatable bonds is 15. The molecule has 0 aliphatic carbocycles. The number of carbonyl (C=O) groups is 2. The normalized spacial score (nSPS) is 13.8. The first-order valence-corrected chi connectivity index (χ1v) is 8.95. The number of hydrogen-bond acceptors (Lipinski definition) is 4. The van der Waals surface area contributed by atoms with Crippen LogP contribution < -0.4 is 10.8 Å². The molecule has 130 valence electrons. The van der Waals surface area contributed by atoms with Gasteiger partial charge in [-0.3, -0.25) is 4.79 Å². The maximum atomic E-state index is 11.6. The second kappa shape index (κ2) is 13.7. The van der Waals surface area contributed by atoms with E-state index >= 15 is 0 Å². The van der Waals surface area contributed by atoms with E-state index < -0.39 is 11.9 Å². The highest BCUT2D eigenvalue weighted by atomic mass is 16.4. The number of aliphatic carboxylic acids is 1. The molecular weight excluding hydrogens is 278 g/mol. The first-order valence-electron chi connectivity index (χ1n) is 8.95. The first-order chi connectivity index (χ1) is 10.5. The topological polar surface area (TPSA) is 83.2 Å². The molecule has 22 heavy (non-hydrogen) atoms. The van der Waals surface area contributed by atoms with Gasteiger partial charge in [-0.15, -0.1) is 0 Å². The van der Waals surface area contributed by atoms with Crippen LogP contribution in [-0.4, -0.2) is 18.3 Å². The van der Waals surface area contributed by atoms with Crippen molar-refractivity contribution in [3.05, 3.63) is 0 Å². The van der Waals surface area contributed by atoms with Gasteiger partial charge in [0.25, 0.3) is 0 Å². The zero-order valence-corrected chi connectivity index (χ0v) is 14.4. The number of carboxylic acid groups (broad SMARTS) is 1. The first kappa shape index (κ1) is 21.1. The van der Waals surface area contributed by atoms with Crippen LogP contribution in [0.5, 0.6) is 0 Å². The Labute approximate surface area is 135 Å². The second-order valence-corrected chi connectivity index (χ2v) is 6.36. The number of carboxylic acids is 1. The Balaban J connectivity index is 4.22. The van der Waals surface area contributed by atoms with E-state index in [2.05, 4.69) is 6.92 Å². The maximum Gasteiger partial charge on any atom is 0.138 e. The smallest absolute Gasteiger partial charge is 0.138 e. The lowest BCUT2D eigenvalue weighted by molar-refractivity contribution is -0.311. The van der Waals surface area contributed by atoms with Crippen molar-refractivity contribution in [1.29, 1.82) is 0 Å². The molecule has 0 amide bonds. The second-order valence-electron chi connectivity index (χ2n) is 6.36. The van der Waals surface area contributed by atoms with Crippen molar-refractivity contribution in [1.82, 2.24) is 0 Å². The number of hydrogen-bond donors (Lipinski definition) is 1. The lowest BCUT2D eigenvalue weighted by atomic mass is 9.81. The van der Waals surface area contributed by atoms with Gasteiger partial charge in [0.2, 0.25) is 0 Å². The molecule has 0 radical (unpaired) electrons. The van der Waals surface area contributed by atoms with Gasteiger partial charge in [-0.25, -0.2) is 0 Å². The monoisotopic (exact) mass is 312 g/mol. The summed E-state index contributed by atoms with van der Waals surface area (Å²) in [6.45, 7) is 4.25. The van der Waals surface area contributed by atoms with Crippen molar-refractivity contribution in [2.45, 2.75) is 84.5 Å². The Kier molecular flexibility index (Phi) is 13.2. The van der Waals surface area contributed by atoms with Crippen LogP contribution in [-0.2, 0) is 9.59 Å². The van der Waals surface area contributed by atoms with E-state index in [4.69, 9.17) is 5.73 Å². The maximum absolute atomic E-state index is 11.6. The molecule has 0 bridgehead atoms. The van der Waals surface area contributed by atoms with Gasteiger partial charge in [0.1, 0.15) is 5.78 Å². The fourth-order valence-corrected chi connectivity index (χ4v) is 3.08. The number of Topliss-reactive ketones (excluding diaryl/α,β-unsaturated/α-hetero) is 1. The van der Waals surface area contributed by atoms with Crippen molar-refractivity contribution in [3.8, 4) is 0 Å². The van der Waals surface area contributed by atoms with Crippen LogP contribution in [0.1, 0.15) is 84.5 Å². The number of carbonyl (C=O) groups excluding carboxylic acids is 2.